The molecule has 0 aliphatic heterocycles. The maximum atomic E-state index is 12.4. The molecule has 8 heteroatoms. The second kappa shape index (κ2) is 8.20. The molecular formula is C19H14ClN3O4. The highest BCUT2D eigenvalue weighted by molar-refractivity contribution is 6.30. The zero-order chi connectivity index (χ0) is 19.2. The molecule has 0 radical (unpaired) electrons. The summed E-state index contributed by atoms with van der Waals surface area (Å²) in [5.41, 5.74) is 5.39. The number of hydrogen-bond acceptors (Lipinski definition) is 4. The number of furan rings is 1. The van der Waals surface area contributed by atoms with Gasteiger partial charge in [0.2, 0.25) is 0 Å². The van der Waals surface area contributed by atoms with Crippen LogP contribution in [0.3, 0.4) is 0 Å². The van der Waals surface area contributed by atoms with Crippen molar-refractivity contribution in [1.29, 1.82) is 0 Å². The van der Waals surface area contributed by atoms with Crippen LogP contribution < -0.4 is 16.2 Å². The third-order valence-corrected chi connectivity index (χ3v) is 3.81. The van der Waals surface area contributed by atoms with Gasteiger partial charge in [0, 0.05) is 10.6 Å². The Bertz CT molecular complexity index is 969. The first-order chi connectivity index (χ1) is 13.0. The number of carbonyl (C=O) groups excluding carboxylic acids is 3. The fourth-order valence-corrected chi connectivity index (χ4v) is 2.36. The molecule has 0 saturated heterocycles. The van der Waals surface area contributed by atoms with Crippen LogP contribution in [-0.4, -0.2) is 17.7 Å². The highest BCUT2D eigenvalue weighted by Crippen LogP contribution is 2.17. The average molecular weight is 384 g/mol. The van der Waals surface area contributed by atoms with Gasteiger partial charge < -0.3 is 9.73 Å². The number of para-hydroxylation sites is 1. The van der Waals surface area contributed by atoms with Crippen LogP contribution in [0.2, 0.25) is 5.02 Å². The molecule has 136 valence electrons. The van der Waals surface area contributed by atoms with Gasteiger partial charge in [0.15, 0.2) is 5.76 Å². The molecule has 1 aromatic heterocycles. The summed E-state index contributed by atoms with van der Waals surface area (Å²) in [6, 6.07) is 15.8. The normalized spacial score (nSPS) is 10.1. The lowest BCUT2D eigenvalue weighted by atomic mass is 10.1. The van der Waals surface area contributed by atoms with Gasteiger partial charge in [-0.15, -0.1) is 0 Å². The molecule has 0 unspecified atom stereocenters. The minimum Gasteiger partial charge on any atom is -0.459 e. The van der Waals surface area contributed by atoms with Crippen molar-refractivity contribution in [1.82, 2.24) is 10.9 Å². The van der Waals surface area contributed by atoms with E-state index in [9.17, 15) is 14.4 Å². The van der Waals surface area contributed by atoms with Gasteiger partial charge in [-0.25, -0.2) is 0 Å². The van der Waals surface area contributed by atoms with Crippen LogP contribution in [0.25, 0.3) is 0 Å². The quantitative estimate of drug-likeness (QED) is 0.602. The van der Waals surface area contributed by atoms with Gasteiger partial charge >= 0.3 is 5.91 Å². The summed E-state index contributed by atoms with van der Waals surface area (Å²) >= 11 is 5.81. The van der Waals surface area contributed by atoms with Gasteiger partial charge in [-0.1, -0.05) is 23.7 Å². The van der Waals surface area contributed by atoms with Crippen LogP contribution in [-0.2, 0) is 0 Å². The van der Waals surface area contributed by atoms with Crippen LogP contribution in [0.4, 0.5) is 5.69 Å². The van der Waals surface area contributed by atoms with Gasteiger partial charge in [0.1, 0.15) is 0 Å². The van der Waals surface area contributed by atoms with E-state index >= 15 is 0 Å². The van der Waals surface area contributed by atoms with Crippen LogP contribution in [0, 0.1) is 0 Å². The van der Waals surface area contributed by atoms with Crippen molar-refractivity contribution < 1.29 is 18.8 Å². The molecule has 1 heterocycles. The second-order valence-corrected chi connectivity index (χ2v) is 5.83. The van der Waals surface area contributed by atoms with Crippen LogP contribution in [0.1, 0.15) is 31.3 Å². The van der Waals surface area contributed by atoms with Crippen molar-refractivity contribution in [2.24, 2.45) is 0 Å². The first-order valence-corrected chi connectivity index (χ1v) is 8.22. The molecule has 0 aliphatic carbocycles. The van der Waals surface area contributed by atoms with Gasteiger partial charge in [-0.05, 0) is 48.5 Å². The van der Waals surface area contributed by atoms with E-state index < -0.39 is 17.7 Å². The van der Waals surface area contributed by atoms with Crippen molar-refractivity contribution in [3.63, 3.8) is 0 Å². The molecule has 0 spiro atoms. The summed E-state index contributed by atoms with van der Waals surface area (Å²) in [4.78, 5) is 36.5. The van der Waals surface area contributed by atoms with Gasteiger partial charge in [-0.2, -0.15) is 0 Å². The Hall–Kier alpha value is -3.58. The number of benzene rings is 2. The number of amides is 3. The summed E-state index contributed by atoms with van der Waals surface area (Å²) < 4.78 is 4.94. The molecule has 0 fully saturated rings. The number of halogens is 1. The Morgan fingerprint density at radius 1 is 0.778 bits per heavy atom. The number of hydrazine groups is 1. The predicted molar refractivity (Wildman–Crippen MR) is 99.5 cm³/mol. The smallest absolute Gasteiger partial charge is 0.305 e. The molecule has 0 bridgehead atoms. The van der Waals surface area contributed by atoms with E-state index in [1.165, 1.54) is 18.4 Å². The van der Waals surface area contributed by atoms with Gasteiger partial charge in [-0.3, -0.25) is 25.2 Å². The Kier molecular flexibility index (Phi) is 5.53. The zero-order valence-electron chi connectivity index (χ0n) is 13.9. The highest BCUT2D eigenvalue weighted by Gasteiger charge is 2.15. The van der Waals surface area contributed by atoms with Gasteiger partial charge in [0.05, 0.1) is 17.5 Å². The summed E-state index contributed by atoms with van der Waals surface area (Å²) in [7, 11) is 0. The van der Waals surface area contributed by atoms with E-state index in [1.54, 1.807) is 48.5 Å². The summed E-state index contributed by atoms with van der Waals surface area (Å²) in [6.07, 6.45) is 1.35. The maximum Gasteiger partial charge on any atom is 0.305 e. The standard InChI is InChI=1S/C19H14ClN3O4/c20-13-9-7-12(8-10-13)17(24)21-15-5-2-1-4-14(15)18(25)22-23-19(26)16-6-3-11-27-16/h1-11H,(H,21,24)(H,22,25)(H,23,26). The average Bonchev–Trinajstić information content (AvgIpc) is 3.21. The SMILES string of the molecule is O=C(Nc1ccccc1C(=O)NNC(=O)c1ccco1)c1ccc(Cl)cc1. The Labute approximate surface area is 159 Å². The van der Waals surface area contributed by atoms with Crippen molar-refractivity contribution in [3.05, 3.63) is 88.8 Å². The van der Waals surface area contributed by atoms with Crippen LogP contribution in [0.5, 0.6) is 0 Å². The summed E-state index contributed by atoms with van der Waals surface area (Å²) in [5, 5.41) is 3.18. The fraction of sp³-hybridized carbons (Fsp3) is 0. The number of carbonyl (C=O) groups is 3. The van der Waals surface area contributed by atoms with E-state index in [1.807, 2.05) is 0 Å². The lowest BCUT2D eigenvalue weighted by Gasteiger charge is -2.12. The largest absolute Gasteiger partial charge is 0.459 e. The fourth-order valence-electron chi connectivity index (χ4n) is 2.24. The molecule has 27 heavy (non-hydrogen) atoms. The number of nitrogens with one attached hydrogen (secondary N) is 3. The van der Waals surface area contributed by atoms with Gasteiger partial charge in [0.25, 0.3) is 11.8 Å². The highest BCUT2D eigenvalue weighted by atomic mass is 35.5. The number of hydrogen-bond donors (Lipinski definition) is 3. The van der Waals surface area contributed by atoms with E-state index in [2.05, 4.69) is 16.2 Å². The molecule has 3 N–H and O–H groups in total. The van der Waals surface area contributed by atoms with E-state index in [4.69, 9.17) is 16.0 Å². The third kappa shape index (κ3) is 4.53. The minimum atomic E-state index is -0.601. The van der Waals surface area contributed by atoms with Crippen molar-refractivity contribution in [2.75, 3.05) is 5.32 Å². The lowest BCUT2D eigenvalue weighted by Crippen LogP contribution is -2.41. The molecule has 3 amide bonds. The number of rotatable bonds is 4. The molecule has 0 aliphatic rings. The van der Waals surface area contributed by atoms with Crippen molar-refractivity contribution in [3.8, 4) is 0 Å². The van der Waals surface area contributed by atoms with E-state index in [0.717, 1.165) is 0 Å². The molecule has 2 aromatic carbocycles. The molecule has 0 atom stereocenters. The van der Waals surface area contributed by atoms with E-state index in [-0.39, 0.29) is 11.3 Å². The first kappa shape index (κ1) is 18.2. The third-order valence-electron chi connectivity index (χ3n) is 3.56. The molecule has 3 aromatic rings. The molecular weight excluding hydrogens is 370 g/mol. The van der Waals surface area contributed by atoms with Crippen LogP contribution in [0.15, 0.2) is 71.3 Å². The molecule has 7 nitrogen and oxygen atoms in total. The minimum absolute atomic E-state index is 0.0552. The monoisotopic (exact) mass is 383 g/mol. The lowest BCUT2D eigenvalue weighted by molar-refractivity contribution is 0.0831. The summed E-state index contributed by atoms with van der Waals surface area (Å²) in [6.45, 7) is 0. The first-order valence-electron chi connectivity index (χ1n) is 7.85. The topological polar surface area (TPSA) is 100 Å². The molecule has 3 rings (SSSR count). The Balaban J connectivity index is 1.69. The van der Waals surface area contributed by atoms with E-state index in [0.29, 0.717) is 16.3 Å². The predicted octanol–water partition coefficient (Wildman–Crippen LogP) is 3.26. The maximum absolute atomic E-state index is 12.4. The second-order valence-electron chi connectivity index (χ2n) is 5.39. The van der Waals surface area contributed by atoms with Crippen molar-refractivity contribution >= 4 is 35.0 Å². The van der Waals surface area contributed by atoms with Crippen molar-refractivity contribution in [2.45, 2.75) is 0 Å². The Morgan fingerprint density at radius 2 is 1.48 bits per heavy atom. The zero-order valence-corrected chi connectivity index (χ0v) is 14.6. The van der Waals surface area contributed by atoms with Crippen LogP contribution >= 0.6 is 11.6 Å². The molecule has 0 saturated carbocycles. The Morgan fingerprint density at radius 3 is 2.19 bits per heavy atom. The summed E-state index contributed by atoms with van der Waals surface area (Å²) in [5.74, 6) is -1.54. The number of anilines is 1.